The molecule has 0 saturated carbocycles. The summed E-state index contributed by atoms with van der Waals surface area (Å²) in [5, 5.41) is 0.181. The lowest BCUT2D eigenvalue weighted by Crippen LogP contribution is -2.26. The number of benzene rings is 1. The van der Waals surface area contributed by atoms with Crippen molar-refractivity contribution in [2.24, 2.45) is 7.05 Å². The second-order valence-electron chi connectivity index (χ2n) is 5.30. The number of fused-ring (bicyclic) bond motifs is 1. The summed E-state index contributed by atoms with van der Waals surface area (Å²) in [7, 11) is 0.973. The third-order valence-electron chi connectivity index (χ3n) is 3.69. The van der Waals surface area contributed by atoms with Gasteiger partial charge in [0, 0.05) is 7.05 Å². The fourth-order valence-corrected chi connectivity index (χ4v) is 3.31. The number of nitrogens with zero attached hydrogens (tertiary/aromatic N) is 2. The summed E-state index contributed by atoms with van der Waals surface area (Å²) in [5.74, 6) is -0.245. The van der Waals surface area contributed by atoms with Crippen LogP contribution in [-0.4, -0.2) is 15.3 Å². The van der Waals surface area contributed by atoms with Crippen LogP contribution in [0.1, 0.15) is 12.6 Å². The highest BCUT2D eigenvalue weighted by atomic mass is 35.5. The Bertz CT molecular complexity index is 1060. The topological polar surface area (TPSA) is 48.0 Å². The van der Waals surface area contributed by atoms with Crippen molar-refractivity contribution in [2.45, 2.75) is 18.3 Å². The van der Waals surface area contributed by atoms with Crippen molar-refractivity contribution in [1.82, 2.24) is 9.55 Å². The van der Waals surface area contributed by atoms with Crippen molar-refractivity contribution in [3.63, 3.8) is 0 Å². The zero-order valence-electron chi connectivity index (χ0n) is 13.4. The van der Waals surface area contributed by atoms with Crippen LogP contribution >= 0.6 is 23.4 Å². The number of pyridine rings is 1. The molecule has 3 aromatic rings. The number of thioether (sulfide) groups is 1. The molecule has 0 unspecified atom stereocenters. The van der Waals surface area contributed by atoms with Gasteiger partial charge in [0.2, 0.25) is 0 Å². The highest BCUT2D eigenvalue weighted by molar-refractivity contribution is 7.99. The quantitative estimate of drug-likeness (QED) is 0.447. The Morgan fingerprint density at radius 1 is 1.35 bits per heavy atom. The lowest BCUT2D eigenvalue weighted by atomic mass is 10.0. The second kappa shape index (κ2) is 6.62. The number of hydrogen-bond acceptors (Lipinski definition) is 4. The molecule has 0 aliphatic carbocycles. The first kappa shape index (κ1) is 18.8. The average Bonchev–Trinajstić information content (AvgIpc) is 2.94. The molecule has 0 fully saturated rings. The van der Waals surface area contributed by atoms with E-state index in [1.165, 1.54) is 11.8 Å². The van der Waals surface area contributed by atoms with E-state index in [1.54, 1.807) is 0 Å². The molecule has 0 radical (unpaired) electrons. The van der Waals surface area contributed by atoms with Crippen LogP contribution in [0.4, 0.5) is 17.6 Å². The molecule has 10 heteroatoms. The van der Waals surface area contributed by atoms with Gasteiger partial charge in [-0.2, -0.15) is 13.2 Å². The van der Waals surface area contributed by atoms with Crippen LogP contribution in [0.2, 0.25) is 5.02 Å². The maximum atomic E-state index is 14.6. The first-order valence-electron chi connectivity index (χ1n) is 7.34. The Morgan fingerprint density at radius 2 is 2.04 bits per heavy atom. The van der Waals surface area contributed by atoms with Crippen molar-refractivity contribution in [1.29, 1.82) is 0 Å². The Balaban J connectivity index is 2.32. The zero-order valence-corrected chi connectivity index (χ0v) is 15.0. The zero-order chi connectivity index (χ0) is 19.2. The summed E-state index contributed by atoms with van der Waals surface area (Å²) >= 11 is 7.22. The number of hydrogen-bond donors (Lipinski definition) is 0. The molecule has 0 aliphatic heterocycles. The van der Waals surface area contributed by atoms with Crippen molar-refractivity contribution >= 4 is 34.5 Å². The van der Waals surface area contributed by atoms with Crippen molar-refractivity contribution in [3.05, 3.63) is 45.1 Å². The van der Waals surface area contributed by atoms with Gasteiger partial charge in [-0.15, -0.1) is 0 Å². The van der Waals surface area contributed by atoms with Gasteiger partial charge in [-0.3, -0.25) is 4.79 Å². The van der Waals surface area contributed by atoms with E-state index < -0.39 is 23.2 Å². The van der Waals surface area contributed by atoms with Crippen molar-refractivity contribution < 1.29 is 22.0 Å². The fraction of sp³-hybridized carbons (Fsp3) is 0.250. The SMILES string of the molecule is CCSc1nc2c(-c3ccc(C(F)(F)F)n(C)c3=O)c(F)cc(Cl)c2o1. The van der Waals surface area contributed by atoms with Crippen LogP contribution in [0.3, 0.4) is 0 Å². The first-order chi connectivity index (χ1) is 12.1. The number of aromatic nitrogens is 2. The maximum Gasteiger partial charge on any atom is 0.431 e. The van der Waals surface area contributed by atoms with Crippen LogP contribution in [0.15, 0.2) is 32.6 Å². The van der Waals surface area contributed by atoms with Gasteiger partial charge in [0.15, 0.2) is 5.58 Å². The molecule has 2 heterocycles. The van der Waals surface area contributed by atoms with Crippen LogP contribution in [0.5, 0.6) is 0 Å². The summed E-state index contributed by atoms with van der Waals surface area (Å²) < 4.78 is 59.3. The monoisotopic (exact) mass is 406 g/mol. The molecule has 0 N–H and O–H groups in total. The van der Waals surface area contributed by atoms with E-state index in [2.05, 4.69) is 4.98 Å². The van der Waals surface area contributed by atoms with E-state index in [4.69, 9.17) is 16.0 Å². The van der Waals surface area contributed by atoms with E-state index in [0.717, 1.165) is 25.2 Å². The smallest absolute Gasteiger partial charge is 0.430 e. The number of rotatable bonds is 3. The van der Waals surface area contributed by atoms with Gasteiger partial charge in [-0.05, 0) is 24.0 Å². The summed E-state index contributed by atoms with van der Waals surface area (Å²) in [6.45, 7) is 1.86. The molecule has 0 saturated heterocycles. The minimum atomic E-state index is -4.71. The van der Waals surface area contributed by atoms with E-state index in [1.807, 2.05) is 6.92 Å². The van der Waals surface area contributed by atoms with E-state index >= 15 is 0 Å². The predicted octanol–water partition coefficient (Wildman–Crippen LogP) is 5.12. The van der Waals surface area contributed by atoms with E-state index in [0.29, 0.717) is 10.3 Å². The summed E-state index contributed by atoms with van der Waals surface area (Å²) in [6, 6.07) is 2.60. The molecule has 0 aliphatic rings. The van der Waals surface area contributed by atoms with Gasteiger partial charge in [0.05, 0.1) is 16.1 Å². The molecular weight excluding hydrogens is 396 g/mol. The van der Waals surface area contributed by atoms with Gasteiger partial charge >= 0.3 is 6.18 Å². The van der Waals surface area contributed by atoms with Gasteiger partial charge in [-0.25, -0.2) is 9.37 Å². The summed E-state index contributed by atoms with van der Waals surface area (Å²) in [6.07, 6.45) is -4.71. The number of alkyl halides is 3. The highest BCUT2D eigenvalue weighted by Gasteiger charge is 2.34. The standard InChI is InChI=1S/C16H11ClF4N2O2S/c1-3-26-15-22-12-11(9(18)6-8(17)13(12)25-15)7-4-5-10(16(19,20)21)23(2)14(7)24/h4-6H,3H2,1-2H3. The molecule has 138 valence electrons. The molecular formula is C16H11ClF4N2O2S. The van der Waals surface area contributed by atoms with Gasteiger partial charge in [0.25, 0.3) is 10.8 Å². The highest BCUT2D eigenvalue weighted by Crippen LogP contribution is 2.37. The van der Waals surface area contributed by atoms with Crippen LogP contribution in [0, 0.1) is 5.82 Å². The second-order valence-corrected chi connectivity index (χ2v) is 6.92. The average molecular weight is 407 g/mol. The molecule has 2 aromatic heterocycles. The minimum Gasteiger partial charge on any atom is -0.430 e. The van der Waals surface area contributed by atoms with Gasteiger partial charge in [0.1, 0.15) is 17.0 Å². The molecule has 3 rings (SSSR count). The molecule has 1 aromatic carbocycles. The minimum absolute atomic E-state index is 0.0113. The Hall–Kier alpha value is -2.00. The van der Waals surface area contributed by atoms with Crippen molar-refractivity contribution in [3.8, 4) is 11.1 Å². The third kappa shape index (κ3) is 3.09. The number of halogens is 5. The molecule has 26 heavy (non-hydrogen) atoms. The summed E-state index contributed by atoms with van der Waals surface area (Å²) in [4.78, 5) is 16.6. The fourth-order valence-electron chi connectivity index (χ4n) is 2.55. The molecule has 0 amide bonds. The van der Waals surface area contributed by atoms with Crippen molar-refractivity contribution in [2.75, 3.05) is 5.75 Å². The lowest BCUT2D eigenvalue weighted by molar-refractivity contribution is -0.143. The Kier molecular flexibility index (Phi) is 4.78. The largest absolute Gasteiger partial charge is 0.431 e. The van der Waals surface area contributed by atoms with Gasteiger partial charge < -0.3 is 8.98 Å². The van der Waals surface area contributed by atoms with E-state index in [9.17, 15) is 22.4 Å². The van der Waals surface area contributed by atoms with Gasteiger partial charge in [-0.1, -0.05) is 30.3 Å². The lowest BCUT2D eigenvalue weighted by Gasteiger charge is -2.13. The maximum absolute atomic E-state index is 14.6. The molecule has 0 atom stereocenters. The van der Waals surface area contributed by atoms with E-state index in [-0.39, 0.29) is 32.5 Å². The van der Waals surface area contributed by atoms with Crippen LogP contribution in [-0.2, 0) is 13.2 Å². The Morgan fingerprint density at radius 3 is 2.65 bits per heavy atom. The molecule has 0 spiro atoms. The van der Waals surface area contributed by atoms with Crippen LogP contribution in [0.25, 0.3) is 22.2 Å². The summed E-state index contributed by atoms with van der Waals surface area (Å²) in [5.41, 5.74) is -2.59. The number of oxazole rings is 1. The third-order valence-corrected chi connectivity index (χ3v) is 4.68. The normalized spacial score (nSPS) is 12.1. The molecule has 0 bridgehead atoms. The predicted molar refractivity (Wildman–Crippen MR) is 91.1 cm³/mol. The van der Waals surface area contributed by atoms with Crippen LogP contribution < -0.4 is 5.56 Å². The Labute approximate surface area is 153 Å². The first-order valence-corrected chi connectivity index (χ1v) is 8.70. The molecule has 4 nitrogen and oxygen atoms in total.